The molecule has 0 aliphatic rings. The first-order valence-electron chi connectivity index (χ1n) is 13.2. The van der Waals surface area contributed by atoms with Crippen molar-refractivity contribution in [1.29, 1.82) is 0 Å². The Balaban J connectivity index is 1.37. The first kappa shape index (κ1) is 27.8. The van der Waals surface area contributed by atoms with Crippen molar-refractivity contribution in [1.82, 2.24) is 14.5 Å². The van der Waals surface area contributed by atoms with E-state index >= 15 is 4.39 Å². The van der Waals surface area contributed by atoms with Gasteiger partial charge in [-0.2, -0.15) is 0 Å². The topological polar surface area (TPSA) is 98.5 Å². The van der Waals surface area contributed by atoms with E-state index in [0.29, 0.717) is 59.2 Å². The van der Waals surface area contributed by atoms with E-state index in [-0.39, 0.29) is 17.8 Å². The molecule has 0 saturated carbocycles. The van der Waals surface area contributed by atoms with Gasteiger partial charge in [-0.05, 0) is 60.5 Å². The van der Waals surface area contributed by atoms with Crippen LogP contribution in [-0.2, 0) is 24.2 Å². The van der Waals surface area contributed by atoms with Gasteiger partial charge in [-0.25, -0.2) is 19.2 Å². The summed E-state index contributed by atoms with van der Waals surface area (Å²) in [4.78, 5) is 20.9. The van der Waals surface area contributed by atoms with Crippen molar-refractivity contribution in [3.8, 4) is 17.0 Å². The Labute approximate surface area is 237 Å². The Morgan fingerprint density at radius 1 is 1.00 bits per heavy atom. The molecule has 5 aromatic rings. The van der Waals surface area contributed by atoms with Gasteiger partial charge in [0.05, 0.1) is 36.0 Å². The van der Waals surface area contributed by atoms with E-state index in [1.54, 1.807) is 32.4 Å². The Hall–Kier alpha value is -4.76. The molecule has 0 aliphatic carbocycles. The first-order valence-corrected chi connectivity index (χ1v) is 13.2. The van der Waals surface area contributed by atoms with Crippen molar-refractivity contribution >= 4 is 22.8 Å². The molecule has 0 bridgehead atoms. The van der Waals surface area contributed by atoms with Crippen LogP contribution in [0, 0.1) is 12.7 Å². The minimum absolute atomic E-state index is 0.167. The Kier molecular flexibility index (Phi) is 8.26. The van der Waals surface area contributed by atoms with Crippen molar-refractivity contribution < 1.29 is 23.8 Å². The summed E-state index contributed by atoms with van der Waals surface area (Å²) in [6.45, 7) is 3.42. The van der Waals surface area contributed by atoms with Gasteiger partial charge in [-0.15, -0.1) is 0 Å². The molecule has 2 heterocycles. The third-order valence-corrected chi connectivity index (χ3v) is 6.94. The zero-order chi connectivity index (χ0) is 28.9. The molecule has 210 valence electrons. The van der Waals surface area contributed by atoms with Crippen LogP contribution in [-0.4, -0.2) is 46.4 Å². The summed E-state index contributed by atoms with van der Waals surface area (Å²) in [5.41, 5.74) is 5.39. The second-order valence-electron chi connectivity index (χ2n) is 9.74. The van der Waals surface area contributed by atoms with Crippen molar-refractivity contribution in [3.05, 3.63) is 107 Å². The van der Waals surface area contributed by atoms with E-state index < -0.39 is 5.97 Å². The lowest BCUT2D eigenvalue weighted by Gasteiger charge is -2.12. The highest BCUT2D eigenvalue weighted by molar-refractivity contribution is 5.92. The van der Waals surface area contributed by atoms with Gasteiger partial charge in [-0.1, -0.05) is 30.3 Å². The van der Waals surface area contributed by atoms with Crippen molar-refractivity contribution in [2.75, 3.05) is 26.1 Å². The molecular weight excluding hydrogens is 523 g/mol. The lowest BCUT2D eigenvalue weighted by atomic mass is 10.1. The summed E-state index contributed by atoms with van der Waals surface area (Å²) in [5.74, 6) is 0.717. The number of anilines is 1. The monoisotopic (exact) mass is 554 g/mol. The number of halogens is 1. The van der Waals surface area contributed by atoms with Gasteiger partial charge in [-0.3, -0.25) is 0 Å². The van der Waals surface area contributed by atoms with E-state index in [9.17, 15) is 9.90 Å². The number of rotatable bonds is 11. The molecule has 3 aromatic carbocycles. The standard InChI is InChI=1S/C32H31FN4O4/c1-20-7-8-24(29(15-20)41-3)19-34-30-6-4-5-26(35-30)22-10-9-21(25(33)16-22)18-31-36-27-12-11-23(32(38)39)17-28(27)37(31)13-14-40-2/h4-12,15-17H,13-14,18-19H2,1-3H3,(H,34,35)(H,38,39). The number of pyridine rings is 1. The third kappa shape index (κ3) is 6.20. The molecule has 0 radical (unpaired) electrons. The highest BCUT2D eigenvalue weighted by Gasteiger charge is 2.16. The number of nitrogens with zero attached hydrogens (tertiary/aromatic N) is 3. The predicted octanol–water partition coefficient (Wildman–Crippen LogP) is 6.10. The van der Waals surface area contributed by atoms with Crippen LogP contribution in [0.2, 0.25) is 0 Å². The highest BCUT2D eigenvalue weighted by atomic mass is 19.1. The number of carboxylic acid groups (broad SMARTS) is 1. The third-order valence-electron chi connectivity index (χ3n) is 6.94. The highest BCUT2D eigenvalue weighted by Crippen LogP contribution is 2.26. The number of carbonyl (C=O) groups is 1. The van der Waals surface area contributed by atoms with Crippen LogP contribution in [0.25, 0.3) is 22.3 Å². The summed E-state index contributed by atoms with van der Waals surface area (Å²) >= 11 is 0. The smallest absolute Gasteiger partial charge is 0.335 e. The zero-order valence-corrected chi connectivity index (χ0v) is 23.1. The summed E-state index contributed by atoms with van der Waals surface area (Å²) in [6, 6.07) is 21.5. The molecule has 2 N–H and O–H groups in total. The molecular formula is C32H31FN4O4. The van der Waals surface area contributed by atoms with Crippen molar-refractivity contribution in [2.45, 2.75) is 26.4 Å². The van der Waals surface area contributed by atoms with Crippen LogP contribution >= 0.6 is 0 Å². The molecule has 0 spiro atoms. The number of ether oxygens (including phenoxy) is 2. The van der Waals surface area contributed by atoms with E-state index in [0.717, 1.165) is 16.9 Å². The second kappa shape index (κ2) is 12.2. The zero-order valence-electron chi connectivity index (χ0n) is 23.1. The number of aromatic nitrogens is 3. The molecule has 8 nitrogen and oxygen atoms in total. The molecule has 0 atom stereocenters. The Morgan fingerprint density at radius 2 is 1.83 bits per heavy atom. The lowest BCUT2D eigenvalue weighted by molar-refractivity contribution is 0.0697. The molecule has 9 heteroatoms. The number of methoxy groups -OCH3 is 2. The second-order valence-corrected chi connectivity index (χ2v) is 9.74. The fourth-order valence-corrected chi connectivity index (χ4v) is 4.77. The van der Waals surface area contributed by atoms with Gasteiger partial charge < -0.3 is 24.5 Å². The molecule has 0 unspecified atom stereocenters. The SMILES string of the molecule is COCCn1c(Cc2ccc(-c3cccc(NCc4ccc(C)cc4OC)n3)cc2F)nc2ccc(C(=O)O)cc21. The molecule has 0 amide bonds. The summed E-state index contributed by atoms with van der Waals surface area (Å²) < 4.78 is 28.0. The molecule has 5 rings (SSSR count). The molecule has 41 heavy (non-hydrogen) atoms. The maximum absolute atomic E-state index is 15.4. The molecule has 2 aromatic heterocycles. The normalized spacial score (nSPS) is 11.1. The average molecular weight is 555 g/mol. The molecule has 0 aliphatic heterocycles. The maximum Gasteiger partial charge on any atom is 0.335 e. The number of nitrogens with one attached hydrogen (secondary N) is 1. The van der Waals surface area contributed by atoms with Gasteiger partial charge >= 0.3 is 5.97 Å². The lowest BCUT2D eigenvalue weighted by Crippen LogP contribution is -2.10. The minimum Gasteiger partial charge on any atom is -0.496 e. The number of carboxylic acids is 1. The van der Waals surface area contributed by atoms with E-state index in [1.807, 2.05) is 54.0 Å². The van der Waals surface area contributed by atoms with Crippen LogP contribution in [0.5, 0.6) is 5.75 Å². The Morgan fingerprint density at radius 3 is 2.59 bits per heavy atom. The summed E-state index contributed by atoms with van der Waals surface area (Å²) in [5, 5.41) is 12.7. The number of aryl methyl sites for hydroxylation is 1. The number of hydrogen-bond acceptors (Lipinski definition) is 6. The van der Waals surface area contributed by atoms with Crippen LogP contribution < -0.4 is 10.1 Å². The number of fused-ring (bicyclic) bond motifs is 1. The summed E-state index contributed by atoms with van der Waals surface area (Å²) in [7, 11) is 3.25. The Bertz CT molecular complexity index is 1720. The predicted molar refractivity (Wildman–Crippen MR) is 156 cm³/mol. The number of hydrogen-bond donors (Lipinski definition) is 2. The average Bonchev–Trinajstić information content (AvgIpc) is 3.32. The fourth-order valence-electron chi connectivity index (χ4n) is 4.77. The van der Waals surface area contributed by atoms with Gasteiger partial charge in [0, 0.05) is 37.7 Å². The molecule has 0 saturated heterocycles. The van der Waals surface area contributed by atoms with Gasteiger partial charge in [0.1, 0.15) is 23.2 Å². The van der Waals surface area contributed by atoms with E-state index in [1.165, 1.54) is 12.1 Å². The van der Waals surface area contributed by atoms with Gasteiger partial charge in [0.2, 0.25) is 0 Å². The van der Waals surface area contributed by atoms with Crippen LogP contribution in [0.4, 0.5) is 10.2 Å². The fraction of sp³-hybridized carbons (Fsp3) is 0.219. The van der Waals surface area contributed by atoms with Crippen LogP contribution in [0.15, 0.2) is 72.8 Å². The van der Waals surface area contributed by atoms with E-state index in [4.69, 9.17) is 9.47 Å². The van der Waals surface area contributed by atoms with Crippen LogP contribution in [0.3, 0.4) is 0 Å². The quantitative estimate of drug-likeness (QED) is 0.204. The van der Waals surface area contributed by atoms with Crippen molar-refractivity contribution in [2.24, 2.45) is 0 Å². The largest absolute Gasteiger partial charge is 0.496 e. The van der Waals surface area contributed by atoms with E-state index in [2.05, 4.69) is 15.3 Å². The first-order chi connectivity index (χ1) is 19.9. The molecule has 0 fully saturated rings. The van der Waals surface area contributed by atoms with Crippen molar-refractivity contribution in [3.63, 3.8) is 0 Å². The number of imidazole rings is 1. The maximum atomic E-state index is 15.4. The summed E-state index contributed by atoms with van der Waals surface area (Å²) in [6.07, 6.45) is 0.236. The number of aromatic carboxylic acids is 1. The van der Waals surface area contributed by atoms with Gasteiger partial charge in [0.25, 0.3) is 0 Å². The number of benzene rings is 3. The van der Waals surface area contributed by atoms with Crippen LogP contribution in [0.1, 0.15) is 32.9 Å². The minimum atomic E-state index is -1.02. The van der Waals surface area contributed by atoms with Gasteiger partial charge in [0.15, 0.2) is 0 Å².